The van der Waals surface area contributed by atoms with Crippen molar-refractivity contribution in [3.05, 3.63) is 30.3 Å². The number of H-pyrrole nitrogens is 1. The second-order valence-corrected chi connectivity index (χ2v) is 2.93. The third kappa shape index (κ3) is 0.833. The first-order valence-corrected chi connectivity index (χ1v) is 3.77. The maximum Gasteiger partial charge on any atom is 0.0458 e. The zero-order valence-corrected chi connectivity index (χ0v) is 6.62. The first-order chi connectivity index (χ1) is 4.86. The van der Waals surface area contributed by atoms with Gasteiger partial charge in [-0.2, -0.15) is 0 Å². The van der Waals surface area contributed by atoms with E-state index in [4.69, 9.17) is 0 Å². The summed E-state index contributed by atoms with van der Waals surface area (Å²) in [5.74, 6) is 0. The number of fused-ring (bicyclic) bond motifs is 1. The van der Waals surface area contributed by atoms with Crippen molar-refractivity contribution in [2.75, 3.05) is 0 Å². The maximum absolute atomic E-state index is 3.22. The predicted octanol–water partition coefficient (Wildman–Crippen LogP) is 1.67. The van der Waals surface area contributed by atoms with Gasteiger partial charge in [0.1, 0.15) is 0 Å². The smallest absolute Gasteiger partial charge is 0.0458 e. The van der Waals surface area contributed by atoms with E-state index >= 15 is 0 Å². The van der Waals surface area contributed by atoms with Crippen LogP contribution in [0.15, 0.2) is 30.3 Å². The number of aromatic nitrogens is 1. The molecule has 0 bridgehead atoms. The summed E-state index contributed by atoms with van der Waals surface area (Å²) in [6.07, 6.45) is 0. The summed E-state index contributed by atoms with van der Waals surface area (Å²) in [5, 5.41) is 1.27. The maximum atomic E-state index is 3.22. The molecule has 0 radical (unpaired) electrons. The Morgan fingerprint density at radius 2 is 2.00 bits per heavy atom. The molecule has 0 aliphatic heterocycles. The molecule has 1 aromatic heterocycles. The quantitative estimate of drug-likeness (QED) is 0.548. The molecule has 0 saturated carbocycles. The third-order valence-electron chi connectivity index (χ3n) is 1.55. The summed E-state index contributed by atoms with van der Waals surface area (Å²) >= 11 is 0. The minimum Gasteiger partial charge on any atom is -0.355 e. The van der Waals surface area contributed by atoms with Crippen LogP contribution in [-0.4, -0.2) is 4.98 Å². The van der Waals surface area contributed by atoms with Gasteiger partial charge in [-0.15, -0.1) is 0 Å². The second-order valence-electron chi connectivity index (χ2n) is 2.31. The average Bonchev–Trinajstić information content (AvgIpc) is 2.27. The number of nitrogens with one attached hydrogen (secondary N) is 1. The molecule has 1 heterocycles. The van der Waals surface area contributed by atoms with Gasteiger partial charge in [0.05, 0.1) is 0 Å². The van der Waals surface area contributed by atoms with Gasteiger partial charge in [-0.3, -0.25) is 0 Å². The number of para-hydroxylation sites is 1. The number of aromatic amines is 1. The van der Waals surface area contributed by atoms with Crippen molar-refractivity contribution < 1.29 is 0 Å². The second kappa shape index (κ2) is 2.10. The van der Waals surface area contributed by atoms with Gasteiger partial charge in [0.15, 0.2) is 0 Å². The molecule has 0 aliphatic carbocycles. The number of benzene rings is 1. The van der Waals surface area contributed by atoms with E-state index in [0.717, 1.165) is 5.44 Å². The van der Waals surface area contributed by atoms with Crippen LogP contribution < -0.4 is 5.44 Å². The van der Waals surface area contributed by atoms with E-state index in [0.29, 0.717) is 0 Å². The molecule has 10 heavy (non-hydrogen) atoms. The number of rotatable bonds is 0. The van der Waals surface area contributed by atoms with E-state index in [-0.39, 0.29) is 0 Å². The van der Waals surface area contributed by atoms with E-state index < -0.39 is 0 Å². The summed E-state index contributed by atoms with van der Waals surface area (Å²) in [6.45, 7) is 0. The Bertz CT molecular complexity index is 318. The van der Waals surface area contributed by atoms with Gasteiger partial charge in [-0.25, -0.2) is 0 Å². The summed E-state index contributed by atoms with van der Waals surface area (Å²) < 4.78 is 0. The Kier molecular flexibility index (Phi) is 1.25. The molecular weight excluding hydrogens is 141 g/mol. The molecule has 50 valence electrons. The first kappa shape index (κ1) is 5.94. The highest BCUT2D eigenvalue weighted by Gasteiger charge is 1.92. The Morgan fingerprint density at radius 3 is 2.80 bits per heavy atom. The van der Waals surface area contributed by atoms with Gasteiger partial charge in [-0.05, 0) is 17.5 Å². The minimum atomic E-state index is 1.14. The van der Waals surface area contributed by atoms with Gasteiger partial charge in [0, 0.05) is 11.0 Å². The van der Waals surface area contributed by atoms with E-state index in [9.17, 15) is 0 Å². The van der Waals surface area contributed by atoms with Crippen molar-refractivity contribution in [2.45, 2.75) is 0 Å². The highest BCUT2D eigenvalue weighted by molar-refractivity contribution is 7.27. The van der Waals surface area contributed by atoms with Crippen molar-refractivity contribution in [1.82, 2.24) is 4.98 Å². The third-order valence-corrected chi connectivity index (χ3v) is 1.86. The zero-order valence-electron chi connectivity index (χ0n) is 5.46. The minimum absolute atomic E-state index is 1.14. The number of hydrogen-bond acceptors (Lipinski definition) is 0. The fraction of sp³-hybridized carbons (Fsp3) is 0. The van der Waals surface area contributed by atoms with Crippen LogP contribution in [-0.2, 0) is 0 Å². The van der Waals surface area contributed by atoms with Gasteiger partial charge >= 0.3 is 0 Å². The van der Waals surface area contributed by atoms with E-state index in [2.05, 4.69) is 32.4 Å². The molecule has 1 nitrogen and oxygen atoms in total. The lowest BCUT2D eigenvalue weighted by Crippen LogP contribution is -1.84. The summed E-state index contributed by atoms with van der Waals surface area (Å²) in [6, 6.07) is 10.4. The highest BCUT2D eigenvalue weighted by Crippen LogP contribution is 2.09. The molecule has 2 rings (SSSR count). The first-order valence-electron chi connectivity index (χ1n) is 3.19. The van der Waals surface area contributed by atoms with Crippen LogP contribution in [0.1, 0.15) is 0 Å². The van der Waals surface area contributed by atoms with Crippen LogP contribution in [0.3, 0.4) is 0 Å². The molecule has 2 heteroatoms. The SMILES string of the molecule is Pc1cc2ccccc2[nH]1. The summed E-state index contributed by atoms with van der Waals surface area (Å²) in [7, 11) is 2.65. The molecule has 0 aliphatic rings. The molecule has 0 amide bonds. The molecule has 2 aromatic rings. The average molecular weight is 149 g/mol. The standard InChI is InChI=1S/C8H8NP/c10-8-5-6-3-1-2-4-7(6)9-8/h1-5,9H,10H2. The van der Waals surface area contributed by atoms with Crippen LogP contribution in [0.2, 0.25) is 0 Å². The van der Waals surface area contributed by atoms with Crippen molar-refractivity contribution in [3.8, 4) is 0 Å². The highest BCUT2D eigenvalue weighted by atomic mass is 31.0. The van der Waals surface area contributed by atoms with Crippen LogP contribution in [0.5, 0.6) is 0 Å². The predicted molar refractivity (Wildman–Crippen MR) is 47.6 cm³/mol. The normalized spacial score (nSPS) is 10.5. The Labute approximate surface area is 61.7 Å². The van der Waals surface area contributed by atoms with Gasteiger partial charge in [0.2, 0.25) is 0 Å². The fourth-order valence-electron chi connectivity index (χ4n) is 1.10. The summed E-state index contributed by atoms with van der Waals surface area (Å²) in [4.78, 5) is 3.22. The lowest BCUT2D eigenvalue weighted by Gasteiger charge is -1.83. The van der Waals surface area contributed by atoms with Crippen LogP contribution in [0.4, 0.5) is 0 Å². The Balaban J connectivity index is 2.88. The van der Waals surface area contributed by atoms with Crippen molar-refractivity contribution in [2.24, 2.45) is 0 Å². The monoisotopic (exact) mass is 149 g/mol. The molecule has 0 spiro atoms. The molecule has 1 atom stereocenters. The van der Waals surface area contributed by atoms with Crippen molar-refractivity contribution >= 4 is 25.6 Å². The molecule has 0 fully saturated rings. The number of hydrogen-bond donors (Lipinski definition) is 1. The van der Waals surface area contributed by atoms with Gasteiger partial charge in [-0.1, -0.05) is 27.4 Å². The van der Waals surface area contributed by atoms with E-state index in [1.807, 2.05) is 12.1 Å². The topological polar surface area (TPSA) is 15.8 Å². The molecule has 0 saturated heterocycles. The molecule has 1 aromatic carbocycles. The van der Waals surface area contributed by atoms with E-state index in [1.165, 1.54) is 10.9 Å². The Hall–Kier alpha value is -0.810. The lowest BCUT2D eigenvalue weighted by atomic mass is 10.3. The zero-order chi connectivity index (χ0) is 6.97. The van der Waals surface area contributed by atoms with E-state index in [1.54, 1.807) is 0 Å². The molecule has 1 unspecified atom stereocenters. The van der Waals surface area contributed by atoms with Gasteiger partial charge < -0.3 is 4.98 Å². The largest absolute Gasteiger partial charge is 0.355 e. The molecular formula is C8H8NP. The molecule has 1 N–H and O–H groups in total. The van der Waals surface area contributed by atoms with Crippen LogP contribution >= 0.6 is 9.24 Å². The van der Waals surface area contributed by atoms with Crippen molar-refractivity contribution in [3.63, 3.8) is 0 Å². The Morgan fingerprint density at radius 1 is 1.20 bits per heavy atom. The fourth-order valence-corrected chi connectivity index (χ4v) is 1.43. The van der Waals surface area contributed by atoms with Crippen LogP contribution in [0.25, 0.3) is 10.9 Å². The van der Waals surface area contributed by atoms with Crippen molar-refractivity contribution in [1.29, 1.82) is 0 Å². The summed E-state index contributed by atoms with van der Waals surface area (Å²) in [5.41, 5.74) is 2.34. The lowest BCUT2D eigenvalue weighted by molar-refractivity contribution is 1.55. The van der Waals surface area contributed by atoms with Gasteiger partial charge in [0.25, 0.3) is 0 Å². The van der Waals surface area contributed by atoms with Crippen LogP contribution in [0, 0.1) is 0 Å².